The Bertz CT molecular complexity index is 434. The van der Waals surface area contributed by atoms with Crippen LogP contribution in [-0.4, -0.2) is 22.6 Å². The van der Waals surface area contributed by atoms with Crippen LogP contribution in [0.5, 0.6) is 0 Å². The van der Waals surface area contributed by atoms with E-state index in [2.05, 4.69) is 22.0 Å². The number of carbonyl (C=O) groups excluding carboxylic acids is 1. The fraction of sp³-hybridized carbons (Fsp3) is 0.615. The predicted molar refractivity (Wildman–Crippen MR) is 76.8 cm³/mol. The van der Waals surface area contributed by atoms with Gasteiger partial charge in [0.15, 0.2) is 0 Å². The summed E-state index contributed by atoms with van der Waals surface area (Å²) in [5.41, 5.74) is -0.430. The molecule has 0 unspecified atom stereocenters. The van der Waals surface area contributed by atoms with Crippen molar-refractivity contribution in [1.82, 2.24) is 4.90 Å². The van der Waals surface area contributed by atoms with Gasteiger partial charge in [-0.05, 0) is 55.6 Å². The minimum atomic E-state index is -0.430. The summed E-state index contributed by atoms with van der Waals surface area (Å²) in [5.74, 6) is 0. The van der Waals surface area contributed by atoms with E-state index in [1.165, 1.54) is 4.88 Å². The van der Waals surface area contributed by atoms with E-state index in [0.717, 1.165) is 17.3 Å². The summed E-state index contributed by atoms with van der Waals surface area (Å²) in [7, 11) is 0. The lowest BCUT2D eigenvalue weighted by atomic mass is 10.2. The maximum absolute atomic E-state index is 12.1. The Hall–Kier alpha value is -0.550. The van der Waals surface area contributed by atoms with Gasteiger partial charge in [0.2, 0.25) is 0 Å². The molecule has 0 aliphatic heterocycles. The van der Waals surface area contributed by atoms with Crippen LogP contribution >= 0.6 is 27.3 Å². The van der Waals surface area contributed by atoms with Gasteiger partial charge in [0.05, 0.1) is 6.54 Å². The lowest BCUT2D eigenvalue weighted by Gasteiger charge is -2.27. The molecule has 0 bridgehead atoms. The molecule has 0 saturated heterocycles. The molecule has 1 aliphatic rings. The number of ether oxygens (including phenoxy) is 1. The number of hydrogen-bond acceptors (Lipinski definition) is 3. The van der Waals surface area contributed by atoms with Crippen LogP contribution in [0.3, 0.4) is 0 Å². The van der Waals surface area contributed by atoms with Crippen molar-refractivity contribution in [3.8, 4) is 0 Å². The number of halogens is 1. The Morgan fingerprint density at radius 1 is 1.56 bits per heavy atom. The Kier molecular flexibility index (Phi) is 4.02. The van der Waals surface area contributed by atoms with E-state index < -0.39 is 5.60 Å². The first-order valence-electron chi connectivity index (χ1n) is 6.08. The summed E-state index contributed by atoms with van der Waals surface area (Å²) in [6, 6.07) is 2.42. The molecule has 18 heavy (non-hydrogen) atoms. The Balaban J connectivity index is 2.02. The smallest absolute Gasteiger partial charge is 0.410 e. The van der Waals surface area contributed by atoms with Gasteiger partial charge in [-0.3, -0.25) is 0 Å². The second-order valence-electron chi connectivity index (χ2n) is 5.57. The lowest BCUT2D eigenvalue weighted by Crippen LogP contribution is -2.37. The zero-order valence-electron chi connectivity index (χ0n) is 10.9. The van der Waals surface area contributed by atoms with Crippen LogP contribution in [-0.2, 0) is 11.3 Å². The molecule has 2 rings (SSSR count). The average Bonchev–Trinajstić information content (AvgIpc) is 2.97. The molecule has 1 amide bonds. The van der Waals surface area contributed by atoms with Crippen molar-refractivity contribution in [2.75, 3.05) is 0 Å². The van der Waals surface area contributed by atoms with Crippen LogP contribution in [0.4, 0.5) is 4.79 Å². The van der Waals surface area contributed by atoms with Crippen molar-refractivity contribution in [2.24, 2.45) is 0 Å². The minimum absolute atomic E-state index is 0.200. The topological polar surface area (TPSA) is 29.5 Å². The molecule has 3 nitrogen and oxygen atoms in total. The normalized spacial score (nSPS) is 15.6. The van der Waals surface area contributed by atoms with Gasteiger partial charge in [0.25, 0.3) is 0 Å². The first-order valence-corrected chi connectivity index (χ1v) is 7.75. The highest BCUT2D eigenvalue weighted by Crippen LogP contribution is 2.31. The second kappa shape index (κ2) is 5.21. The molecule has 0 N–H and O–H groups in total. The van der Waals surface area contributed by atoms with Gasteiger partial charge in [-0.15, -0.1) is 11.3 Å². The fourth-order valence-electron chi connectivity index (χ4n) is 1.65. The van der Waals surface area contributed by atoms with Gasteiger partial charge in [0, 0.05) is 20.8 Å². The first-order chi connectivity index (χ1) is 8.35. The molecule has 1 fully saturated rings. The van der Waals surface area contributed by atoms with Crippen LogP contribution in [0.25, 0.3) is 0 Å². The van der Waals surface area contributed by atoms with Crippen LogP contribution in [0.1, 0.15) is 38.5 Å². The number of amides is 1. The SMILES string of the molecule is CC(C)(C)OC(=O)N(Cc1cc(Br)cs1)C1CC1. The summed E-state index contributed by atoms with van der Waals surface area (Å²) in [4.78, 5) is 15.2. The van der Waals surface area contributed by atoms with Crippen LogP contribution in [0, 0.1) is 0 Å². The van der Waals surface area contributed by atoms with E-state index in [-0.39, 0.29) is 6.09 Å². The quantitative estimate of drug-likeness (QED) is 0.820. The third kappa shape index (κ3) is 3.99. The van der Waals surface area contributed by atoms with Gasteiger partial charge in [-0.2, -0.15) is 0 Å². The van der Waals surface area contributed by atoms with Crippen molar-refractivity contribution in [3.05, 3.63) is 20.8 Å². The maximum Gasteiger partial charge on any atom is 0.410 e. The van der Waals surface area contributed by atoms with Crippen molar-refractivity contribution >= 4 is 33.4 Å². The molecular formula is C13H18BrNO2S. The Morgan fingerprint density at radius 3 is 2.67 bits per heavy atom. The number of thiophene rings is 1. The van der Waals surface area contributed by atoms with E-state index in [9.17, 15) is 4.79 Å². The zero-order valence-corrected chi connectivity index (χ0v) is 13.3. The third-order valence-electron chi connectivity index (χ3n) is 2.56. The summed E-state index contributed by atoms with van der Waals surface area (Å²) >= 11 is 5.10. The van der Waals surface area contributed by atoms with Crippen molar-refractivity contribution in [3.63, 3.8) is 0 Å². The molecule has 0 spiro atoms. The van der Waals surface area contributed by atoms with Gasteiger partial charge in [-0.25, -0.2) is 4.79 Å². The van der Waals surface area contributed by atoms with Crippen molar-refractivity contribution < 1.29 is 9.53 Å². The molecule has 0 aromatic carbocycles. The van der Waals surface area contributed by atoms with Crippen LogP contribution in [0.2, 0.25) is 0 Å². The summed E-state index contributed by atoms with van der Waals surface area (Å²) < 4.78 is 6.53. The second-order valence-corrected chi connectivity index (χ2v) is 7.48. The average molecular weight is 332 g/mol. The Labute approximate surface area is 120 Å². The summed E-state index contributed by atoms with van der Waals surface area (Å²) in [6.07, 6.45) is 1.98. The van der Waals surface area contributed by atoms with Gasteiger partial charge < -0.3 is 9.64 Å². The van der Waals surface area contributed by atoms with Crippen molar-refractivity contribution in [1.29, 1.82) is 0 Å². The number of hydrogen-bond donors (Lipinski definition) is 0. The standard InChI is InChI=1S/C13H18BrNO2S/c1-13(2,3)17-12(16)15(10-4-5-10)7-11-6-9(14)8-18-11/h6,8,10H,4-5,7H2,1-3H3. The molecule has 0 atom stereocenters. The molecule has 1 heterocycles. The molecule has 1 aromatic rings. The summed E-state index contributed by atoms with van der Waals surface area (Å²) in [6.45, 7) is 6.35. The maximum atomic E-state index is 12.1. The molecule has 0 radical (unpaired) electrons. The first kappa shape index (κ1) is 13.9. The number of nitrogens with zero attached hydrogens (tertiary/aromatic N) is 1. The molecule has 1 aliphatic carbocycles. The highest BCUT2D eigenvalue weighted by Gasteiger charge is 2.35. The van der Waals surface area contributed by atoms with E-state index in [4.69, 9.17) is 4.74 Å². The molecular weight excluding hydrogens is 314 g/mol. The molecule has 1 saturated carbocycles. The van der Waals surface area contributed by atoms with Gasteiger partial charge >= 0.3 is 6.09 Å². The Morgan fingerprint density at radius 2 is 2.22 bits per heavy atom. The number of carbonyl (C=O) groups is 1. The van der Waals surface area contributed by atoms with E-state index in [1.807, 2.05) is 31.1 Å². The monoisotopic (exact) mass is 331 g/mol. The number of rotatable bonds is 3. The molecule has 100 valence electrons. The molecule has 5 heteroatoms. The highest BCUT2D eigenvalue weighted by atomic mass is 79.9. The van der Waals surface area contributed by atoms with Gasteiger partial charge in [0.1, 0.15) is 5.60 Å². The predicted octanol–water partition coefficient (Wildman–Crippen LogP) is 4.41. The largest absolute Gasteiger partial charge is 0.444 e. The van der Waals surface area contributed by atoms with E-state index in [1.54, 1.807) is 11.3 Å². The zero-order chi connectivity index (χ0) is 13.3. The van der Waals surface area contributed by atoms with Crippen LogP contribution in [0.15, 0.2) is 15.9 Å². The molecule has 1 aromatic heterocycles. The van der Waals surface area contributed by atoms with Gasteiger partial charge in [-0.1, -0.05) is 0 Å². The third-order valence-corrected chi connectivity index (χ3v) is 4.25. The fourth-order valence-corrected chi connectivity index (χ4v) is 3.10. The summed E-state index contributed by atoms with van der Waals surface area (Å²) in [5, 5.41) is 2.04. The van der Waals surface area contributed by atoms with Crippen LogP contribution < -0.4 is 0 Å². The van der Waals surface area contributed by atoms with E-state index >= 15 is 0 Å². The van der Waals surface area contributed by atoms with Crippen molar-refractivity contribution in [2.45, 2.75) is 51.8 Å². The lowest BCUT2D eigenvalue weighted by molar-refractivity contribution is 0.0219. The minimum Gasteiger partial charge on any atom is -0.444 e. The highest BCUT2D eigenvalue weighted by molar-refractivity contribution is 9.10. The van der Waals surface area contributed by atoms with E-state index in [0.29, 0.717) is 12.6 Å².